The molecule has 2 heterocycles. The van der Waals surface area contributed by atoms with Crippen molar-refractivity contribution in [2.75, 3.05) is 24.5 Å². The maximum atomic E-state index is 12.0. The number of benzene rings is 1. The second-order valence-electron chi connectivity index (χ2n) is 5.65. The van der Waals surface area contributed by atoms with Crippen LogP contribution in [0.1, 0.15) is 19.3 Å². The molecule has 0 saturated carbocycles. The molecule has 1 aromatic rings. The fourth-order valence-electron chi connectivity index (χ4n) is 3.25. The van der Waals surface area contributed by atoms with Gasteiger partial charge >= 0.3 is 0 Å². The lowest BCUT2D eigenvalue weighted by Crippen LogP contribution is -2.48. The average Bonchev–Trinajstić information content (AvgIpc) is 2.89. The van der Waals surface area contributed by atoms with E-state index in [0.717, 1.165) is 25.9 Å². The number of piperidine rings is 1. The molecule has 0 N–H and O–H groups in total. The van der Waals surface area contributed by atoms with Crippen LogP contribution in [0.5, 0.6) is 0 Å². The Balaban J connectivity index is 1.70. The highest BCUT2D eigenvalue weighted by atomic mass is 16.2. The van der Waals surface area contributed by atoms with Gasteiger partial charge in [-0.3, -0.25) is 4.79 Å². The number of rotatable bonds is 2. The highest BCUT2D eigenvalue weighted by molar-refractivity contribution is 5.79. The third kappa shape index (κ3) is 2.49. The number of carbonyl (C=O) groups is 1. The SMILES string of the molecule is N#CC1CC(=O)N(C2CCCN(c3ccccc3)C2)C1. The van der Waals surface area contributed by atoms with E-state index in [1.165, 1.54) is 5.69 Å². The predicted molar refractivity (Wildman–Crippen MR) is 77.1 cm³/mol. The summed E-state index contributed by atoms with van der Waals surface area (Å²) >= 11 is 0. The maximum absolute atomic E-state index is 12.0. The zero-order valence-electron chi connectivity index (χ0n) is 11.5. The van der Waals surface area contributed by atoms with Crippen molar-refractivity contribution in [2.24, 2.45) is 5.92 Å². The molecule has 20 heavy (non-hydrogen) atoms. The molecule has 0 bridgehead atoms. The van der Waals surface area contributed by atoms with Gasteiger partial charge in [-0.15, -0.1) is 0 Å². The van der Waals surface area contributed by atoms with Gasteiger partial charge in [0.25, 0.3) is 0 Å². The second-order valence-corrected chi connectivity index (χ2v) is 5.65. The molecule has 0 aliphatic carbocycles. The lowest BCUT2D eigenvalue weighted by atomic mass is 10.0. The van der Waals surface area contributed by atoms with E-state index in [0.29, 0.717) is 13.0 Å². The van der Waals surface area contributed by atoms with Crippen molar-refractivity contribution < 1.29 is 4.79 Å². The first-order valence-electron chi connectivity index (χ1n) is 7.27. The summed E-state index contributed by atoms with van der Waals surface area (Å²) in [7, 11) is 0. The van der Waals surface area contributed by atoms with Crippen LogP contribution in [0.15, 0.2) is 30.3 Å². The van der Waals surface area contributed by atoms with E-state index in [9.17, 15) is 4.79 Å². The fraction of sp³-hybridized carbons (Fsp3) is 0.500. The zero-order valence-corrected chi connectivity index (χ0v) is 11.5. The molecule has 1 aromatic carbocycles. The van der Waals surface area contributed by atoms with Crippen LogP contribution in [0, 0.1) is 17.2 Å². The summed E-state index contributed by atoms with van der Waals surface area (Å²) in [6.07, 6.45) is 2.55. The molecule has 2 atom stereocenters. The van der Waals surface area contributed by atoms with E-state index in [2.05, 4.69) is 23.1 Å². The molecule has 104 valence electrons. The number of hydrogen-bond donors (Lipinski definition) is 0. The van der Waals surface area contributed by atoms with E-state index in [4.69, 9.17) is 5.26 Å². The van der Waals surface area contributed by atoms with Crippen LogP contribution in [-0.4, -0.2) is 36.5 Å². The Labute approximate surface area is 119 Å². The minimum atomic E-state index is -0.116. The maximum Gasteiger partial charge on any atom is 0.224 e. The predicted octanol–water partition coefficient (Wildman–Crippen LogP) is 2.03. The van der Waals surface area contributed by atoms with E-state index in [1.807, 2.05) is 23.1 Å². The lowest BCUT2D eigenvalue weighted by Gasteiger charge is -2.38. The number of carbonyl (C=O) groups excluding carboxylic acids is 1. The van der Waals surface area contributed by atoms with Gasteiger partial charge in [-0.1, -0.05) is 18.2 Å². The van der Waals surface area contributed by atoms with E-state index in [1.54, 1.807) is 0 Å². The Morgan fingerprint density at radius 3 is 2.70 bits per heavy atom. The van der Waals surface area contributed by atoms with Crippen molar-refractivity contribution >= 4 is 11.6 Å². The molecule has 0 radical (unpaired) electrons. The molecular weight excluding hydrogens is 250 g/mol. The largest absolute Gasteiger partial charge is 0.369 e. The number of nitriles is 1. The van der Waals surface area contributed by atoms with Crippen molar-refractivity contribution in [3.05, 3.63) is 30.3 Å². The van der Waals surface area contributed by atoms with Crippen LogP contribution in [0.4, 0.5) is 5.69 Å². The number of likely N-dealkylation sites (tertiary alicyclic amines) is 1. The van der Waals surface area contributed by atoms with Gasteiger partial charge in [0.15, 0.2) is 0 Å². The van der Waals surface area contributed by atoms with Gasteiger partial charge < -0.3 is 9.80 Å². The summed E-state index contributed by atoms with van der Waals surface area (Å²) in [6, 6.07) is 12.8. The second kappa shape index (κ2) is 5.54. The first-order chi connectivity index (χ1) is 9.78. The van der Waals surface area contributed by atoms with Gasteiger partial charge in [0.1, 0.15) is 0 Å². The number of nitrogens with zero attached hydrogens (tertiary/aromatic N) is 3. The van der Waals surface area contributed by atoms with Gasteiger partial charge in [-0.05, 0) is 25.0 Å². The molecule has 3 rings (SSSR count). The van der Waals surface area contributed by atoms with Gasteiger partial charge in [0.05, 0.1) is 12.0 Å². The van der Waals surface area contributed by atoms with E-state index >= 15 is 0 Å². The topological polar surface area (TPSA) is 47.3 Å². The Bertz CT molecular complexity index is 522. The van der Waals surface area contributed by atoms with Crippen LogP contribution in [0.2, 0.25) is 0 Å². The Kier molecular flexibility index (Phi) is 3.60. The van der Waals surface area contributed by atoms with Crippen LogP contribution in [0.25, 0.3) is 0 Å². The van der Waals surface area contributed by atoms with E-state index < -0.39 is 0 Å². The molecular formula is C16H19N3O. The summed E-state index contributed by atoms with van der Waals surface area (Å²) < 4.78 is 0. The summed E-state index contributed by atoms with van der Waals surface area (Å²) in [4.78, 5) is 16.3. The van der Waals surface area contributed by atoms with Gasteiger partial charge in [-0.2, -0.15) is 5.26 Å². The highest BCUT2D eigenvalue weighted by Crippen LogP contribution is 2.27. The average molecular weight is 269 g/mol. The Hall–Kier alpha value is -2.02. The smallest absolute Gasteiger partial charge is 0.224 e. The number of para-hydroxylation sites is 1. The van der Waals surface area contributed by atoms with Gasteiger partial charge in [0.2, 0.25) is 5.91 Å². The zero-order chi connectivity index (χ0) is 13.9. The van der Waals surface area contributed by atoms with Crippen molar-refractivity contribution in [1.29, 1.82) is 5.26 Å². The molecule has 4 nitrogen and oxygen atoms in total. The van der Waals surface area contributed by atoms with Crippen molar-refractivity contribution in [1.82, 2.24) is 4.90 Å². The molecule has 0 spiro atoms. The van der Waals surface area contributed by atoms with E-state index in [-0.39, 0.29) is 17.9 Å². The van der Waals surface area contributed by atoms with Crippen molar-refractivity contribution in [3.8, 4) is 6.07 Å². The number of amides is 1. The molecule has 2 fully saturated rings. The van der Waals surface area contributed by atoms with Gasteiger partial charge in [-0.25, -0.2) is 0 Å². The van der Waals surface area contributed by atoms with Crippen molar-refractivity contribution in [2.45, 2.75) is 25.3 Å². The molecule has 0 aromatic heterocycles. The molecule has 1 amide bonds. The van der Waals surface area contributed by atoms with Crippen LogP contribution in [-0.2, 0) is 4.79 Å². The molecule has 2 saturated heterocycles. The quantitative estimate of drug-likeness (QED) is 0.825. The third-order valence-corrected chi connectivity index (χ3v) is 4.30. The van der Waals surface area contributed by atoms with Crippen LogP contribution >= 0.6 is 0 Å². The summed E-state index contributed by atoms with van der Waals surface area (Å²) in [6.45, 7) is 2.54. The Morgan fingerprint density at radius 1 is 1.20 bits per heavy atom. The number of hydrogen-bond acceptors (Lipinski definition) is 3. The molecule has 2 aliphatic rings. The highest BCUT2D eigenvalue weighted by Gasteiger charge is 2.36. The normalized spacial score (nSPS) is 26.6. The fourth-order valence-corrected chi connectivity index (χ4v) is 3.25. The first-order valence-corrected chi connectivity index (χ1v) is 7.27. The minimum absolute atomic E-state index is 0.116. The lowest BCUT2D eigenvalue weighted by molar-refractivity contribution is -0.129. The van der Waals surface area contributed by atoms with Crippen molar-refractivity contribution in [3.63, 3.8) is 0 Å². The molecule has 4 heteroatoms. The van der Waals surface area contributed by atoms with Crippen LogP contribution < -0.4 is 4.90 Å². The monoisotopic (exact) mass is 269 g/mol. The minimum Gasteiger partial charge on any atom is -0.369 e. The first kappa shape index (κ1) is 13.0. The standard InChI is InChI=1S/C16H19N3O/c17-10-13-9-16(20)19(11-13)15-7-4-8-18(12-15)14-5-2-1-3-6-14/h1-3,5-6,13,15H,4,7-9,11-12H2. The number of anilines is 1. The summed E-state index contributed by atoms with van der Waals surface area (Å²) in [5.74, 6) is 0.0334. The molecule has 2 unspecified atom stereocenters. The van der Waals surface area contributed by atoms with Gasteiger partial charge in [0, 0.05) is 37.8 Å². The summed E-state index contributed by atoms with van der Waals surface area (Å²) in [5, 5.41) is 8.99. The molecule has 2 aliphatic heterocycles. The summed E-state index contributed by atoms with van der Waals surface area (Å²) in [5.41, 5.74) is 1.22. The third-order valence-electron chi connectivity index (χ3n) is 4.30. The van der Waals surface area contributed by atoms with Crippen LogP contribution in [0.3, 0.4) is 0 Å². The Morgan fingerprint density at radius 2 is 2.00 bits per heavy atom.